The number of hydrogen-bond donors (Lipinski definition) is 2. The summed E-state index contributed by atoms with van der Waals surface area (Å²) in [6.45, 7) is 2.37. The normalized spacial score (nSPS) is 10.8. The molecule has 0 saturated carbocycles. The molecule has 0 unspecified atom stereocenters. The summed E-state index contributed by atoms with van der Waals surface area (Å²) in [7, 11) is 0. The molecule has 0 aromatic heterocycles. The summed E-state index contributed by atoms with van der Waals surface area (Å²) in [5.74, 6) is -23.1. The van der Waals surface area contributed by atoms with E-state index < -0.39 is 105 Å². The fourth-order valence-electron chi connectivity index (χ4n) is 3.57. The Morgan fingerprint density at radius 3 is 1.18 bits per heavy atom. The van der Waals surface area contributed by atoms with Crippen molar-refractivity contribution in [2.24, 2.45) is 0 Å². The van der Waals surface area contributed by atoms with Crippen LogP contribution in [0.4, 0.5) is 46.5 Å². The van der Waals surface area contributed by atoms with Gasteiger partial charge < -0.3 is 10.6 Å². The Morgan fingerprint density at radius 1 is 0.525 bits per heavy atom. The van der Waals surface area contributed by atoms with E-state index in [9.17, 15) is 54.3 Å². The van der Waals surface area contributed by atoms with E-state index in [4.69, 9.17) is 0 Å². The van der Waals surface area contributed by atoms with Gasteiger partial charge in [0.2, 0.25) is 0 Å². The lowest BCUT2D eigenvalue weighted by Crippen LogP contribution is -2.22. The van der Waals surface area contributed by atoms with Crippen LogP contribution >= 0.6 is 0 Å². The molecule has 3 aromatic rings. The fourth-order valence-corrected chi connectivity index (χ4v) is 3.57. The molecular formula is C26H16F8N2O4. The molecule has 2 amide bonds. The highest BCUT2D eigenvalue weighted by Crippen LogP contribution is 2.28. The molecule has 0 atom stereocenters. The maximum absolute atomic E-state index is 14.7. The van der Waals surface area contributed by atoms with Crippen LogP contribution in [0, 0.1) is 46.5 Å². The molecule has 0 radical (unpaired) electrons. The molecule has 0 aliphatic carbocycles. The van der Waals surface area contributed by atoms with Crippen molar-refractivity contribution in [2.45, 2.75) is 26.7 Å². The number of amides is 2. The summed E-state index contributed by atoms with van der Waals surface area (Å²) < 4.78 is 114. The van der Waals surface area contributed by atoms with Crippen LogP contribution in [0.5, 0.6) is 0 Å². The smallest absolute Gasteiger partial charge is 0.261 e. The number of rotatable bonds is 8. The molecular weight excluding hydrogens is 556 g/mol. The summed E-state index contributed by atoms with van der Waals surface area (Å²) >= 11 is 0. The third-order valence-corrected chi connectivity index (χ3v) is 5.56. The third-order valence-electron chi connectivity index (χ3n) is 5.56. The van der Waals surface area contributed by atoms with E-state index in [2.05, 4.69) is 0 Å². The number of ketones is 2. The van der Waals surface area contributed by atoms with Crippen LogP contribution in [0.15, 0.2) is 24.3 Å². The van der Waals surface area contributed by atoms with E-state index in [1.807, 2.05) is 10.6 Å². The Morgan fingerprint density at radius 2 is 0.850 bits per heavy atom. The van der Waals surface area contributed by atoms with Gasteiger partial charge in [0, 0.05) is 24.2 Å². The number of carbonyl (C=O) groups is 4. The average molecular weight is 572 g/mol. The second-order valence-corrected chi connectivity index (χ2v) is 8.05. The Bertz CT molecular complexity index is 1480. The van der Waals surface area contributed by atoms with E-state index in [1.54, 1.807) is 0 Å². The molecule has 0 aliphatic rings. The SMILES string of the molecule is CCC(=O)c1c(F)c(F)c(F)c(C(=O)Nc2cccc(NC(=O)c3c(F)c(F)c(F)c(C(=O)CC)c3F)c2)c1F. The number of nitrogens with one attached hydrogen (secondary N) is 2. The van der Waals surface area contributed by atoms with E-state index in [-0.39, 0.29) is 11.4 Å². The Balaban J connectivity index is 1.96. The van der Waals surface area contributed by atoms with E-state index in [0.717, 1.165) is 24.3 Å². The average Bonchev–Trinajstić information content (AvgIpc) is 2.90. The topological polar surface area (TPSA) is 92.3 Å². The van der Waals surface area contributed by atoms with Gasteiger partial charge in [0.05, 0.1) is 11.1 Å². The van der Waals surface area contributed by atoms with Crippen molar-refractivity contribution in [1.82, 2.24) is 0 Å². The minimum atomic E-state index is -2.28. The quantitative estimate of drug-likeness (QED) is 0.140. The maximum atomic E-state index is 14.7. The molecule has 0 spiro atoms. The maximum Gasteiger partial charge on any atom is 0.261 e. The molecule has 6 nitrogen and oxygen atoms in total. The lowest BCUT2D eigenvalue weighted by Gasteiger charge is -2.13. The van der Waals surface area contributed by atoms with Gasteiger partial charge in [0.1, 0.15) is 11.1 Å². The summed E-state index contributed by atoms with van der Waals surface area (Å²) in [6.07, 6.45) is -1.01. The third kappa shape index (κ3) is 5.28. The molecule has 210 valence electrons. The molecule has 3 rings (SSSR count). The molecule has 14 heteroatoms. The number of hydrogen-bond acceptors (Lipinski definition) is 4. The van der Waals surface area contributed by atoms with Crippen molar-refractivity contribution >= 4 is 34.8 Å². The minimum Gasteiger partial charge on any atom is -0.322 e. The van der Waals surface area contributed by atoms with Gasteiger partial charge in [-0.1, -0.05) is 19.9 Å². The summed E-state index contributed by atoms with van der Waals surface area (Å²) in [4.78, 5) is 48.7. The van der Waals surface area contributed by atoms with Crippen LogP contribution < -0.4 is 10.6 Å². The number of anilines is 2. The van der Waals surface area contributed by atoms with Gasteiger partial charge in [-0.2, -0.15) is 0 Å². The van der Waals surface area contributed by atoms with Gasteiger partial charge in [0.25, 0.3) is 11.8 Å². The second kappa shape index (κ2) is 11.6. The molecule has 0 fully saturated rings. The highest BCUT2D eigenvalue weighted by molar-refractivity contribution is 6.09. The Kier molecular flexibility index (Phi) is 8.71. The fraction of sp³-hybridized carbons (Fsp3) is 0.154. The predicted octanol–water partition coefficient (Wildman–Crippen LogP) is 6.49. The van der Waals surface area contributed by atoms with Crippen molar-refractivity contribution in [1.29, 1.82) is 0 Å². The highest BCUT2D eigenvalue weighted by Gasteiger charge is 2.33. The highest BCUT2D eigenvalue weighted by atomic mass is 19.2. The molecule has 0 aliphatic heterocycles. The lowest BCUT2D eigenvalue weighted by atomic mass is 10.0. The molecule has 3 aromatic carbocycles. The summed E-state index contributed by atoms with van der Waals surface area (Å²) in [5.41, 5.74) is -6.92. The molecule has 0 heterocycles. The first-order valence-electron chi connectivity index (χ1n) is 11.3. The summed E-state index contributed by atoms with van der Waals surface area (Å²) in [6, 6.07) is 4.15. The van der Waals surface area contributed by atoms with Crippen LogP contribution in [-0.2, 0) is 0 Å². The standard InChI is InChI=1S/C26H16F8N2O4/c1-3-11(37)13-17(27)15(21(31)23(33)19(13)29)25(39)35-9-6-5-7-10(8-9)36-26(40)16-18(28)14(12(38)4-2)20(30)24(34)22(16)32/h5-8H,3-4H2,1-2H3,(H,35,39)(H,36,40). The molecule has 0 bridgehead atoms. The largest absolute Gasteiger partial charge is 0.322 e. The first-order chi connectivity index (χ1) is 18.8. The molecule has 0 saturated heterocycles. The monoisotopic (exact) mass is 572 g/mol. The van der Waals surface area contributed by atoms with Crippen molar-refractivity contribution in [3.05, 3.63) is 93.1 Å². The van der Waals surface area contributed by atoms with Crippen molar-refractivity contribution < 1.29 is 54.3 Å². The zero-order valence-corrected chi connectivity index (χ0v) is 20.4. The van der Waals surface area contributed by atoms with E-state index >= 15 is 0 Å². The zero-order valence-electron chi connectivity index (χ0n) is 20.4. The van der Waals surface area contributed by atoms with Crippen LogP contribution in [0.1, 0.15) is 68.1 Å². The Hall–Kier alpha value is -4.62. The predicted molar refractivity (Wildman–Crippen MR) is 124 cm³/mol. The van der Waals surface area contributed by atoms with E-state index in [1.165, 1.54) is 13.8 Å². The second-order valence-electron chi connectivity index (χ2n) is 8.05. The van der Waals surface area contributed by atoms with Crippen LogP contribution in [0.25, 0.3) is 0 Å². The first kappa shape index (κ1) is 29.9. The zero-order chi connectivity index (χ0) is 30.0. The van der Waals surface area contributed by atoms with E-state index in [0.29, 0.717) is 0 Å². The molecule has 2 N–H and O–H groups in total. The van der Waals surface area contributed by atoms with Crippen LogP contribution in [-0.4, -0.2) is 23.4 Å². The van der Waals surface area contributed by atoms with Crippen molar-refractivity contribution in [3.8, 4) is 0 Å². The number of halogens is 8. The van der Waals surface area contributed by atoms with Crippen LogP contribution in [0.3, 0.4) is 0 Å². The van der Waals surface area contributed by atoms with Crippen LogP contribution in [0.2, 0.25) is 0 Å². The molecule has 40 heavy (non-hydrogen) atoms. The Labute approximate surface area is 220 Å². The van der Waals surface area contributed by atoms with Gasteiger partial charge in [-0.25, -0.2) is 35.1 Å². The summed E-state index contributed by atoms with van der Waals surface area (Å²) in [5, 5.41) is 3.84. The van der Waals surface area contributed by atoms with Gasteiger partial charge >= 0.3 is 0 Å². The number of Topliss-reactive ketones (excluding diaryl/α,β-unsaturated/α-hetero) is 2. The number of benzene rings is 3. The number of carbonyl (C=O) groups excluding carboxylic acids is 4. The minimum absolute atomic E-state index is 0.359. The van der Waals surface area contributed by atoms with Gasteiger partial charge in [-0.05, 0) is 18.2 Å². The van der Waals surface area contributed by atoms with Gasteiger partial charge in [-0.15, -0.1) is 0 Å². The van der Waals surface area contributed by atoms with Crippen molar-refractivity contribution in [3.63, 3.8) is 0 Å². The van der Waals surface area contributed by atoms with Gasteiger partial charge in [0.15, 0.2) is 58.1 Å². The first-order valence-corrected chi connectivity index (χ1v) is 11.3. The van der Waals surface area contributed by atoms with Gasteiger partial charge in [-0.3, -0.25) is 19.2 Å². The lowest BCUT2D eigenvalue weighted by molar-refractivity contribution is 0.0965. The van der Waals surface area contributed by atoms with Crippen molar-refractivity contribution in [2.75, 3.05) is 10.6 Å².